The van der Waals surface area contributed by atoms with Crippen LogP contribution in [0.4, 0.5) is 0 Å². The minimum atomic E-state index is 0.0626. The number of carbonyl (C=O) groups is 1. The molecule has 136 valence electrons. The number of nitrogens with zero attached hydrogens (tertiary/aromatic N) is 3. The van der Waals surface area contributed by atoms with Crippen LogP contribution in [0.5, 0.6) is 0 Å². The molecule has 1 amide bonds. The van der Waals surface area contributed by atoms with Crippen LogP contribution in [0.2, 0.25) is 0 Å². The summed E-state index contributed by atoms with van der Waals surface area (Å²) in [6, 6.07) is 11.9. The third kappa shape index (κ3) is 4.19. The van der Waals surface area contributed by atoms with Crippen LogP contribution in [0, 0.1) is 6.92 Å². The molecule has 5 nitrogen and oxygen atoms in total. The number of thiophene rings is 1. The van der Waals surface area contributed by atoms with Crippen LogP contribution < -0.4 is 0 Å². The molecule has 0 aliphatic carbocycles. The molecule has 3 rings (SSSR count). The van der Waals surface area contributed by atoms with Gasteiger partial charge in [0.25, 0.3) is 5.91 Å². The highest BCUT2D eigenvalue weighted by molar-refractivity contribution is 7.12. The monoisotopic (exact) mass is 369 g/mol. The van der Waals surface area contributed by atoms with E-state index in [-0.39, 0.29) is 11.9 Å². The lowest BCUT2D eigenvalue weighted by Gasteiger charge is -2.27. The van der Waals surface area contributed by atoms with Gasteiger partial charge in [-0.05, 0) is 31.7 Å². The van der Waals surface area contributed by atoms with Crippen LogP contribution in [0.1, 0.15) is 41.4 Å². The third-order valence-electron chi connectivity index (χ3n) is 4.46. The summed E-state index contributed by atoms with van der Waals surface area (Å²) in [7, 11) is 0. The maximum atomic E-state index is 12.8. The zero-order valence-electron chi connectivity index (χ0n) is 15.3. The molecule has 0 aliphatic heterocycles. The van der Waals surface area contributed by atoms with E-state index in [2.05, 4.69) is 24.0 Å². The van der Waals surface area contributed by atoms with Crippen molar-refractivity contribution in [3.05, 3.63) is 58.1 Å². The number of benzene rings is 1. The molecule has 1 atom stereocenters. The van der Waals surface area contributed by atoms with Crippen molar-refractivity contribution in [1.29, 1.82) is 0 Å². The van der Waals surface area contributed by atoms with Crippen molar-refractivity contribution in [1.82, 2.24) is 15.0 Å². The van der Waals surface area contributed by atoms with Gasteiger partial charge in [-0.15, -0.1) is 11.3 Å². The van der Waals surface area contributed by atoms with Crippen LogP contribution in [-0.2, 0) is 6.42 Å². The average Bonchev–Trinajstić information content (AvgIpc) is 3.34. The zero-order chi connectivity index (χ0) is 18.5. The van der Waals surface area contributed by atoms with E-state index in [0.717, 1.165) is 16.9 Å². The van der Waals surface area contributed by atoms with Gasteiger partial charge >= 0.3 is 0 Å². The molecule has 0 saturated heterocycles. The lowest BCUT2D eigenvalue weighted by molar-refractivity contribution is 0.0691. The predicted molar refractivity (Wildman–Crippen MR) is 103 cm³/mol. The SMILES string of the molecule is CC[C@@H](C)N(CCc1nc(-c2ccc(C)cc2)no1)C(=O)c1cccs1. The van der Waals surface area contributed by atoms with E-state index in [1.807, 2.05) is 53.6 Å². The topological polar surface area (TPSA) is 59.2 Å². The Bertz CT molecular complexity index is 840. The van der Waals surface area contributed by atoms with Crippen molar-refractivity contribution in [3.63, 3.8) is 0 Å². The smallest absolute Gasteiger partial charge is 0.264 e. The van der Waals surface area contributed by atoms with Crippen molar-refractivity contribution >= 4 is 17.2 Å². The van der Waals surface area contributed by atoms with E-state index in [0.29, 0.717) is 24.7 Å². The van der Waals surface area contributed by atoms with E-state index in [1.165, 1.54) is 16.9 Å². The largest absolute Gasteiger partial charge is 0.339 e. The summed E-state index contributed by atoms with van der Waals surface area (Å²) in [4.78, 5) is 19.9. The number of hydrogen-bond donors (Lipinski definition) is 0. The summed E-state index contributed by atoms with van der Waals surface area (Å²) < 4.78 is 5.39. The first kappa shape index (κ1) is 18.3. The van der Waals surface area contributed by atoms with Gasteiger partial charge in [0, 0.05) is 24.6 Å². The first-order valence-corrected chi connectivity index (χ1v) is 9.70. The van der Waals surface area contributed by atoms with E-state index < -0.39 is 0 Å². The lowest BCUT2D eigenvalue weighted by Crippen LogP contribution is -2.39. The molecule has 26 heavy (non-hydrogen) atoms. The number of amides is 1. The Balaban J connectivity index is 1.69. The van der Waals surface area contributed by atoms with Gasteiger partial charge in [0.15, 0.2) is 0 Å². The molecule has 0 saturated carbocycles. The Morgan fingerprint density at radius 3 is 2.69 bits per heavy atom. The number of hydrogen-bond acceptors (Lipinski definition) is 5. The van der Waals surface area contributed by atoms with E-state index >= 15 is 0 Å². The molecular weight excluding hydrogens is 346 g/mol. The summed E-state index contributed by atoms with van der Waals surface area (Å²) in [5.41, 5.74) is 2.12. The first-order valence-electron chi connectivity index (χ1n) is 8.82. The number of carbonyl (C=O) groups excluding carboxylic acids is 1. The van der Waals surface area contributed by atoms with E-state index in [4.69, 9.17) is 4.52 Å². The Kier molecular flexibility index (Phi) is 5.83. The van der Waals surface area contributed by atoms with Crippen LogP contribution >= 0.6 is 11.3 Å². The summed E-state index contributed by atoms with van der Waals surface area (Å²) in [5.74, 6) is 1.19. The van der Waals surface area contributed by atoms with Crippen molar-refractivity contribution in [3.8, 4) is 11.4 Å². The van der Waals surface area contributed by atoms with Gasteiger partial charge in [-0.1, -0.05) is 48.0 Å². The molecule has 0 unspecified atom stereocenters. The fourth-order valence-electron chi connectivity index (χ4n) is 2.68. The summed E-state index contributed by atoms with van der Waals surface area (Å²) in [5, 5.41) is 5.99. The van der Waals surface area contributed by atoms with Gasteiger partial charge in [-0.2, -0.15) is 4.98 Å². The quantitative estimate of drug-likeness (QED) is 0.611. The van der Waals surface area contributed by atoms with Crippen LogP contribution in [0.15, 0.2) is 46.3 Å². The van der Waals surface area contributed by atoms with Gasteiger partial charge in [0.05, 0.1) is 4.88 Å². The molecule has 0 aliphatic rings. The van der Waals surface area contributed by atoms with Gasteiger partial charge in [0.2, 0.25) is 11.7 Å². The fourth-order valence-corrected chi connectivity index (χ4v) is 3.36. The Hall–Kier alpha value is -2.47. The highest BCUT2D eigenvalue weighted by Gasteiger charge is 2.22. The normalized spacial score (nSPS) is 12.1. The minimum absolute atomic E-state index is 0.0626. The average molecular weight is 369 g/mol. The molecule has 0 spiro atoms. The molecule has 0 radical (unpaired) electrons. The number of rotatable bonds is 7. The molecular formula is C20H23N3O2S. The van der Waals surface area contributed by atoms with Crippen molar-refractivity contribution in [2.75, 3.05) is 6.54 Å². The molecule has 1 aromatic carbocycles. The minimum Gasteiger partial charge on any atom is -0.339 e. The summed E-state index contributed by atoms with van der Waals surface area (Å²) in [6.45, 7) is 6.75. The van der Waals surface area contributed by atoms with E-state index in [9.17, 15) is 4.79 Å². The maximum absolute atomic E-state index is 12.8. The molecule has 0 fully saturated rings. The second-order valence-electron chi connectivity index (χ2n) is 6.36. The zero-order valence-corrected chi connectivity index (χ0v) is 16.1. The van der Waals surface area contributed by atoms with Gasteiger partial charge in [-0.3, -0.25) is 4.79 Å². The highest BCUT2D eigenvalue weighted by Crippen LogP contribution is 2.18. The van der Waals surface area contributed by atoms with E-state index in [1.54, 1.807) is 0 Å². The second kappa shape index (κ2) is 8.27. The summed E-state index contributed by atoms with van der Waals surface area (Å²) in [6.07, 6.45) is 1.44. The standard InChI is InChI=1S/C20H23N3O2S/c1-4-15(3)23(20(24)17-6-5-13-26-17)12-11-18-21-19(22-25-18)16-9-7-14(2)8-10-16/h5-10,13,15H,4,11-12H2,1-3H3/t15-/m1/s1. The molecule has 0 N–H and O–H groups in total. The van der Waals surface area contributed by atoms with Crippen molar-refractivity contribution < 1.29 is 9.32 Å². The van der Waals surface area contributed by atoms with Gasteiger partial charge < -0.3 is 9.42 Å². The Morgan fingerprint density at radius 1 is 1.27 bits per heavy atom. The van der Waals surface area contributed by atoms with Crippen LogP contribution in [0.3, 0.4) is 0 Å². The second-order valence-corrected chi connectivity index (χ2v) is 7.31. The van der Waals surface area contributed by atoms with Crippen LogP contribution in [-0.4, -0.2) is 33.5 Å². The lowest BCUT2D eigenvalue weighted by atomic mass is 10.1. The fraction of sp³-hybridized carbons (Fsp3) is 0.350. The number of aromatic nitrogens is 2. The van der Waals surface area contributed by atoms with Crippen molar-refractivity contribution in [2.24, 2.45) is 0 Å². The Labute approximate surface area is 157 Å². The maximum Gasteiger partial charge on any atom is 0.264 e. The predicted octanol–water partition coefficient (Wildman–Crippen LogP) is 4.59. The summed E-state index contributed by atoms with van der Waals surface area (Å²) >= 11 is 1.47. The molecule has 3 aromatic rings. The Morgan fingerprint density at radius 2 is 2.04 bits per heavy atom. The van der Waals surface area contributed by atoms with Crippen LogP contribution in [0.25, 0.3) is 11.4 Å². The van der Waals surface area contributed by atoms with Crippen molar-refractivity contribution in [2.45, 2.75) is 39.7 Å². The molecule has 6 heteroatoms. The molecule has 0 bridgehead atoms. The molecule has 2 heterocycles. The highest BCUT2D eigenvalue weighted by atomic mass is 32.1. The number of aryl methyl sites for hydroxylation is 1. The first-order chi connectivity index (χ1) is 12.6. The third-order valence-corrected chi connectivity index (χ3v) is 5.32. The van der Waals surface area contributed by atoms with Gasteiger partial charge in [0.1, 0.15) is 0 Å². The van der Waals surface area contributed by atoms with Gasteiger partial charge in [-0.25, -0.2) is 0 Å². The molecule has 2 aromatic heterocycles.